The first-order valence-electron chi connectivity index (χ1n) is 12.1. The molecule has 2 amide bonds. The summed E-state index contributed by atoms with van der Waals surface area (Å²) in [6, 6.07) is 10.6. The first-order valence-corrected chi connectivity index (χ1v) is 14.3. The van der Waals surface area contributed by atoms with Gasteiger partial charge in [0.05, 0.1) is 11.4 Å². The van der Waals surface area contributed by atoms with Gasteiger partial charge in [-0.25, -0.2) is 8.42 Å². The zero-order chi connectivity index (χ0) is 26.5. The van der Waals surface area contributed by atoms with Crippen molar-refractivity contribution in [2.24, 2.45) is 0 Å². The van der Waals surface area contributed by atoms with E-state index >= 15 is 0 Å². The van der Waals surface area contributed by atoms with E-state index in [-0.39, 0.29) is 23.4 Å². The molecule has 1 aliphatic rings. The topological polar surface area (TPSA) is 86.8 Å². The predicted molar refractivity (Wildman–Crippen MR) is 142 cm³/mol. The van der Waals surface area contributed by atoms with Crippen LogP contribution in [0.25, 0.3) is 0 Å². The number of nitrogens with zero attached hydrogens (tertiary/aromatic N) is 2. The number of halogens is 2. The molecule has 0 bridgehead atoms. The van der Waals surface area contributed by atoms with Gasteiger partial charge in [0.1, 0.15) is 6.04 Å². The third-order valence-corrected chi connectivity index (χ3v) is 8.97. The Kier molecular flexibility index (Phi) is 9.80. The first kappa shape index (κ1) is 28.4. The van der Waals surface area contributed by atoms with Crippen LogP contribution in [0.3, 0.4) is 0 Å². The van der Waals surface area contributed by atoms with E-state index in [0.29, 0.717) is 15.6 Å². The van der Waals surface area contributed by atoms with Gasteiger partial charge in [-0.15, -0.1) is 0 Å². The smallest absolute Gasteiger partial charge is 0.243 e. The number of benzene rings is 2. The van der Waals surface area contributed by atoms with Gasteiger partial charge in [-0.05, 0) is 56.5 Å². The molecule has 0 aliphatic heterocycles. The molecule has 10 heteroatoms. The molecule has 7 nitrogen and oxygen atoms in total. The molecule has 0 aromatic heterocycles. The van der Waals surface area contributed by atoms with Gasteiger partial charge in [0.2, 0.25) is 21.8 Å². The number of carbonyl (C=O) groups excluding carboxylic acids is 2. The van der Waals surface area contributed by atoms with Gasteiger partial charge in [-0.2, -0.15) is 4.31 Å². The van der Waals surface area contributed by atoms with Crippen molar-refractivity contribution in [1.29, 1.82) is 0 Å². The van der Waals surface area contributed by atoms with E-state index in [1.165, 1.54) is 24.1 Å². The fraction of sp³-hybridized carbons (Fsp3) is 0.462. The second kappa shape index (κ2) is 12.4. The van der Waals surface area contributed by atoms with Crippen molar-refractivity contribution in [3.05, 3.63) is 63.6 Å². The summed E-state index contributed by atoms with van der Waals surface area (Å²) in [4.78, 5) is 28.1. The summed E-state index contributed by atoms with van der Waals surface area (Å²) in [5.74, 6) is -0.783. The van der Waals surface area contributed by atoms with Crippen LogP contribution in [0.1, 0.15) is 50.2 Å². The molecule has 1 N–H and O–H groups in total. The van der Waals surface area contributed by atoms with E-state index in [2.05, 4.69) is 5.32 Å². The molecule has 36 heavy (non-hydrogen) atoms. The summed E-state index contributed by atoms with van der Waals surface area (Å²) < 4.78 is 27.1. The summed E-state index contributed by atoms with van der Waals surface area (Å²) in [7, 11) is -2.54. The van der Waals surface area contributed by atoms with Gasteiger partial charge in [0, 0.05) is 29.7 Å². The number of sulfonamides is 1. The number of hydrogen-bond acceptors (Lipinski definition) is 4. The largest absolute Gasteiger partial charge is 0.352 e. The van der Waals surface area contributed by atoms with Gasteiger partial charge >= 0.3 is 0 Å². The Hall–Kier alpha value is -2.13. The van der Waals surface area contributed by atoms with Gasteiger partial charge in [0.25, 0.3) is 0 Å². The summed E-state index contributed by atoms with van der Waals surface area (Å²) in [5, 5.41) is 3.87. The van der Waals surface area contributed by atoms with Crippen molar-refractivity contribution in [2.75, 3.05) is 13.6 Å². The molecular weight excluding hydrogens is 521 g/mol. The number of amides is 2. The van der Waals surface area contributed by atoms with Gasteiger partial charge in [-0.1, -0.05) is 66.2 Å². The zero-order valence-corrected chi connectivity index (χ0v) is 23.2. The fourth-order valence-corrected chi connectivity index (χ4v) is 5.83. The lowest BCUT2D eigenvalue weighted by Gasteiger charge is -2.32. The summed E-state index contributed by atoms with van der Waals surface area (Å²) in [5.41, 5.74) is 1.53. The molecule has 0 saturated heterocycles. The van der Waals surface area contributed by atoms with Crippen LogP contribution < -0.4 is 5.32 Å². The second-order valence-electron chi connectivity index (χ2n) is 9.35. The van der Waals surface area contributed by atoms with E-state index in [1.807, 2.05) is 6.92 Å². The van der Waals surface area contributed by atoms with E-state index < -0.39 is 28.5 Å². The van der Waals surface area contributed by atoms with Crippen molar-refractivity contribution < 1.29 is 18.0 Å². The molecule has 0 spiro atoms. The van der Waals surface area contributed by atoms with Crippen LogP contribution in [-0.2, 0) is 26.2 Å². The van der Waals surface area contributed by atoms with Crippen LogP contribution in [0.5, 0.6) is 0 Å². The zero-order valence-electron chi connectivity index (χ0n) is 20.8. The average molecular weight is 555 g/mol. The third kappa shape index (κ3) is 7.22. The minimum absolute atomic E-state index is 0.0342. The Bertz CT molecular complexity index is 1180. The predicted octanol–water partition coefficient (Wildman–Crippen LogP) is 4.79. The molecule has 0 radical (unpaired) electrons. The summed E-state index contributed by atoms with van der Waals surface area (Å²) >= 11 is 12.4. The number of rotatable bonds is 9. The molecule has 0 unspecified atom stereocenters. The van der Waals surface area contributed by atoms with Gasteiger partial charge < -0.3 is 10.2 Å². The maximum atomic E-state index is 13.5. The quantitative estimate of drug-likeness (QED) is 0.483. The molecule has 1 atom stereocenters. The standard InChI is InChI=1S/C26H33Cl2N3O4S/c1-18-9-13-23(14-10-18)36(34,35)30(3)17-25(32)31(16-20-11-12-21(27)15-24(20)28)19(2)26(33)29-22-7-5-4-6-8-22/h9-15,19,22H,4-8,16-17H2,1-3H3,(H,29,33)/t19-/m0/s1. The number of carbonyl (C=O) groups is 2. The molecule has 3 rings (SSSR count). The highest BCUT2D eigenvalue weighted by Crippen LogP contribution is 2.24. The van der Waals surface area contributed by atoms with E-state index in [1.54, 1.807) is 37.3 Å². The molecule has 1 saturated carbocycles. The SMILES string of the molecule is Cc1ccc(S(=O)(=O)N(C)CC(=O)N(Cc2ccc(Cl)cc2Cl)[C@@H](C)C(=O)NC2CCCCC2)cc1. The molecule has 1 aliphatic carbocycles. The minimum Gasteiger partial charge on any atom is -0.352 e. The molecule has 0 heterocycles. The normalized spacial score (nSPS) is 15.5. The van der Waals surface area contributed by atoms with Crippen LogP contribution in [0.4, 0.5) is 0 Å². The highest BCUT2D eigenvalue weighted by atomic mass is 35.5. The van der Waals surface area contributed by atoms with Crippen molar-refractivity contribution >= 4 is 45.0 Å². The number of likely N-dealkylation sites (N-methyl/N-ethyl adjacent to an activating group) is 1. The van der Waals surface area contributed by atoms with E-state index in [4.69, 9.17) is 23.2 Å². The summed E-state index contributed by atoms with van der Waals surface area (Å²) in [6.45, 7) is 3.12. The molecule has 2 aromatic carbocycles. The van der Waals surface area contributed by atoms with Crippen LogP contribution >= 0.6 is 23.2 Å². The average Bonchev–Trinajstić information content (AvgIpc) is 2.84. The molecule has 1 fully saturated rings. The maximum Gasteiger partial charge on any atom is 0.243 e. The Morgan fingerprint density at radius 1 is 1.06 bits per heavy atom. The second-order valence-corrected chi connectivity index (χ2v) is 12.2. The van der Waals surface area contributed by atoms with Gasteiger partial charge in [-0.3, -0.25) is 9.59 Å². The fourth-order valence-electron chi connectivity index (χ4n) is 4.24. The van der Waals surface area contributed by atoms with Crippen LogP contribution in [0.15, 0.2) is 47.4 Å². The maximum absolute atomic E-state index is 13.5. The lowest BCUT2D eigenvalue weighted by Crippen LogP contribution is -2.52. The molecule has 2 aromatic rings. The van der Waals surface area contributed by atoms with E-state index in [0.717, 1.165) is 42.0 Å². The van der Waals surface area contributed by atoms with Crippen LogP contribution in [0, 0.1) is 6.92 Å². The van der Waals surface area contributed by atoms with Gasteiger partial charge in [0.15, 0.2) is 0 Å². The minimum atomic E-state index is -3.90. The third-order valence-electron chi connectivity index (χ3n) is 6.56. The Morgan fingerprint density at radius 2 is 1.69 bits per heavy atom. The monoisotopic (exact) mass is 553 g/mol. The number of hydrogen-bond donors (Lipinski definition) is 1. The Morgan fingerprint density at radius 3 is 2.31 bits per heavy atom. The number of aryl methyl sites for hydroxylation is 1. The first-order chi connectivity index (χ1) is 17.0. The lowest BCUT2D eigenvalue weighted by atomic mass is 9.95. The van der Waals surface area contributed by atoms with Crippen LogP contribution in [-0.4, -0.2) is 55.1 Å². The molecule has 196 valence electrons. The molecular formula is C26H33Cl2N3O4S. The number of nitrogens with one attached hydrogen (secondary N) is 1. The highest BCUT2D eigenvalue weighted by Gasteiger charge is 2.31. The van der Waals surface area contributed by atoms with Crippen LogP contribution in [0.2, 0.25) is 10.0 Å². The summed E-state index contributed by atoms with van der Waals surface area (Å²) in [6.07, 6.45) is 5.09. The van der Waals surface area contributed by atoms with E-state index in [9.17, 15) is 18.0 Å². The van der Waals surface area contributed by atoms with Crippen molar-refractivity contribution in [1.82, 2.24) is 14.5 Å². The Labute approximate surface area is 223 Å². The van der Waals surface area contributed by atoms with Crippen molar-refractivity contribution in [3.63, 3.8) is 0 Å². The Balaban J connectivity index is 1.82. The lowest BCUT2D eigenvalue weighted by molar-refractivity contribution is -0.141. The van der Waals surface area contributed by atoms with Crippen molar-refractivity contribution in [3.8, 4) is 0 Å². The highest BCUT2D eigenvalue weighted by molar-refractivity contribution is 7.89. The van der Waals surface area contributed by atoms with Crippen molar-refractivity contribution in [2.45, 2.75) is 69.5 Å².